The first-order valence-corrected chi connectivity index (χ1v) is 9.38. The molecule has 0 aliphatic carbocycles. The van der Waals surface area contributed by atoms with Gasteiger partial charge in [-0.15, -0.1) is 0 Å². The molecule has 1 aliphatic heterocycles. The highest BCUT2D eigenvalue weighted by atomic mass is 35.5. The van der Waals surface area contributed by atoms with Gasteiger partial charge in [-0.25, -0.2) is 0 Å². The fraction of sp³-hybridized carbons (Fsp3) is 0.286. The molecule has 28 heavy (non-hydrogen) atoms. The fourth-order valence-electron chi connectivity index (χ4n) is 3.28. The van der Waals surface area contributed by atoms with E-state index < -0.39 is 17.7 Å². The van der Waals surface area contributed by atoms with Gasteiger partial charge in [0, 0.05) is 23.3 Å². The van der Waals surface area contributed by atoms with Crippen LogP contribution >= 0.6 is 11.6 Å². The summed E-state index contributed by atoms with van der Waals surface area (Å²) in [6.45, 7) is 1.16. The highest BCUT2D eigenvalue weighted by Crippen LogP contribution is 2.38. The molecule has 2 heterocycles. The van der Waals surface area contributed by atoms with Crippen LogP contribution in [-0.2, 0) is 9.59 Å². The summed E-state index contributed by atoms with van der Waals surface area (Å²) >= 11 is 5.92. The zero-order valence-electron chi connectivity index (χ0n) is 15.8. The topological polar surface area (TPSA) is 73.7 Å². The number of amides is 1. The van der Waals surface area contributed by atoms with Crippen molar-refractivity contribution in [3.8, 4) is 0 Å². The highest BCUT2D eigenvalue weighted by molar-refractivity contribution is 6.46. The summed E-state index contributed by atoms with van der Waals surface area (Å²) in [5.74, 6) is -1.54. The molecule has 1 aliphatic rings. The van der Waals surface area contributed by atoms with Crippen molar-refractivity contribution in [2.45, 2.75) is 12.5 Å². The molecule has 1 fully saturated rings. The lowest BCUT2D eigenvalue weighted by Gasteiger charge is -2.25. The molecule has 2 aromatic rings. The summed E-state index contributed by atoms with van der Waals surface area (Å²) in [5.41, 5.74) is 1.02. The number of benzene rings is 1. The van der Waals surface area contributed by atoms with Crippen molar-refractivity contribution in [2.75, 3.05) is 27.2 Å². The third-order valence-corrected chi connectivity index (χ3v) is 4.88. The van der Waals surface area contributed by atoms with Gasteiger partial charge in [-0.05, 0) is 63.5 Å². The minimum Gasteiger partial charge on any atom is -0.507 e. The van der Waals surface area contributed by atoms with E-state index in [-0.39, 0.29) is 11.3 Å². The first-order chi connectivity index (χ1) is 13.4. The normalized spacial score (nSPS) is 18.9. The number of hydrogen-bond acceptors (Lipinski definition) is 5. The largest absolute Gasteiger partial charge is 0.507 e. The van der Waals surface area contributed by atoms with Crippen molar-refractivity contribution in [2.24, 2.45) is 0 Å². The van der Waals surface area contributed by atoms with Crippen molar-refractivity contribution in [3.63, 3.8) is 0 Å². The second-order valence-electron chi connectivity index (χ2n) is 6.91. The van der Waals surface area contributed by atoms with Gasteiger partial charge in [0.2, 0.25) is 0 Å². The van der Waals surface area contributed by atoms with E-state index in [1.807, 2.05) is 19.0 Å². The molecule has 146 valence electrons. The van der Waals surface area contributed by atoms with Crippen LogP contribution in [-0.4, -0.2) is 58.8 Å². The summed E-state index contributed by atoms with van der Waals surface area (Å²) in [6.07, 6.45) is 2.31. The Morgan fingerprint density at radius 3 is 2.50 bits per heavy atom. The number of carbonyl (C=O) groups is 2. The zero-order valence-corrected chi connectivity index (χ0v) is 16.6. The van der Waals surface area contributed by atoms with E-state index in [1.54, 1.807) is 48.7 Å². The Morgan fingerprint density at radius 1 is 1.18 bits per heavy atom. The molecular weight excluding hydrogens is 378 g/mol. The summed E-state index contributed by atoms with van der Waals surface area (Å²) < 4.78 is 0. The number of nitrogens with zero attached hydrogens (tertiary/aromatic N) is 3. The molecule has 1 aromatic heterocycles. The minimum atomic E-state index is -0.723. The molecule has 3 rings (SSSR count). The van der Waals surface area contributed by atoms with Gasteiger partial charge in [-0.1, -0.05) is 17.7 Å². The van der Waals surface area contributed by atoms with Gasteiger partial charge in [0.05, 0.1) is 11.3 Å². The Balaban J connectivity index is 2.06. The molecule has 1 N–H and O–H groups in total. The van der Waals surface area contributed by atoms with Crippen LogP contribution in [0, 0.1) is 0 Å². The molecule has 1 atom stereocenters. The number of carbonyl (C=O) groups excluding carboxylic acids is 2. The van der Waals surface area contributed by atoms with E-state index in [1.165, 1.54) is 4.90 Å². The average molecular weight is 400 g/mol. The lowest BCUT2D eigenvalue weighted by atomic mass is 9.98. The quantitative estimate of drug-likeness (QED) is 0.459. The molecule has 6 nitrogen and oxygen atoms in total. The number of likely N-dealkylation sites (tertiary alicyclic amines) is 1. The maximum Gasteiger partial charge on any atom is 0.295 e. The van der Waals surface area contributed by atoms with E-state index >= 15 is 0 Å². The molecule has 0 saturated carbocycles. The maximum atomic E-state index is 12.8. The Morgan fingerprint density at radius 2 is 1.89 bits per heavy atom. The SMILES string of the molecule is CN(C)CCCN1C(=O)C(=O)C(=C(O)c2ccc(Cl)cc2)[C@H]1c1ccccn1. The van der Waals surface area contributed by atoms with E-state index in [0.29, 0.717) is 29.2 Å². The van der Waals surface area contributed by atoms with Gasteiger partial charge in [-0.3, -0.25) is 14.6 Å². The highest BCUT2D eigenvalue weighted by Gasteiger charge is 2.46. The van der Waals surface area contributed by atoms with Crippen LogP contribution in [0.15, 0.2) is 54.2 Å². The fourth-order valence-corrected chi connectivity index (χ4v) is 3.40. The molecule has 1 saturated heterocycles. The molecule has 0 unspecified atom stereocenters. The van der Waals surface area contributed by atoms with Gasteiger partial charge in [-0.2, -0.15) is 0 Å². The Kier molecular flexibility index (Phi) is 6.11. The van der Waals surface area contributed by atoms with E-state index in [4.69, 9.17) is 11.6 Å². The zero-order chi connectivity index (χ0) is 20.3. The number of aromatic nitrogens is 1. The van der Waals surface area contributed by atoms with Crippen LogP contribution in [0.4, 0.5) is 0 Å². The molecule has 7 heteroatoms. The third kappa shape index (κ3) is 4.08. The monoisotopic (exact) mass is 399 g/mol. The maximum absolute atomic E-state index is 12.8. The lowest BCUT2D eigenvalue weighted by molar-refractivity contribution is -0.140. The van der Waals surface area contributed by atoms with E-state index in [0.717, 1.165) is 6.54 Å². The van der Waals surface area contributed by atoms with Gasteiger partial charge >= 0.3 is 0 Å². The number of Topliss-reactive ketones (excluding diaryl/α,β-unsaturated/α-hetero) is 1. The van der Waals surface area contributed by atoms with Crippen LogP contribution in [0.5, 0.6) is 0 Å². The Bertz CT molecular complexity index is 895. The Labute approximate surface area is 169 Å². The number of aliphatic hydroxyl groups excluding tert-OH is 1. The first-order valence-electron chi connectivity index (χ1n) is 9.00. The second kappa shape index (κ2) is 8.54. The Hall–Kier alpha value is -2.70. The molecule has 0 spiro atoms. The molecule has 1 aromatic carbocycles. The predicted molar refractivity (Wildman–Crippen MR) is 108 cm³/mol. The van der Waals surface area contributed by atoms with Crippen LogP contribution in [0.2, 0.25) is 5.02 Å². The van der Waals surface area contributed by atoms with Gasteiger partial charge < -0.3 is 14.9 Å². The molecule has 0 bridgehead atoms. The predicted octanol–water partition coefficient (Wildman–Crippen LogP) is 3.11. The van der Waals surface area contributed by atoms with Crippen molar-refractivity contribution in [1.82, 2.24) is 14.8 Å². The van der Waals surface area contributed by atoms with Crippen molar-refractivity contribution in [1.29, 1.82) is 0 Å². The van der Waals surface area contributed by atoms with Crippen LogP contribution in [0.25, 0.3) is 5.76 Å². The summed E-state index contributed by atoms with van der Waals surface area (Å²) in [5, 5.41) is 11.4. The van der Waals surface area contributed by atoms with Crippen LogP contribution < -0.4 is 0 Å². The van der Waals surface area contributed by atoms with Gasteiger partial charge in [0.25, 0.3) is 11.7 Å². The summed E-state index contributed by atoms with van der Waals surface area (Å²) in [7, 11) is 3.90. The standard InChI is InChI=1S/C21H22ClN3O3/c1-24(2)12-5-13-25-18(16-6-3-4-11-23-16)17(20(27)21(25)28)19(26)14-7-9-15(22)10-8-14/h3-4,6-11,18,26H,5,12-13H2,1-2H3/t18-/m1/s1. The summed E-state index contributed by atoms with van der Waals surface area (Å²) in [6, 6.07) is 11.1. The van der Waals surface area contributed by atoms with E-state index in [9.17, 15) is 14.7 Å². The number of pyridine rings is 1. The van der Waals surface area contributed by atoms with Crippen LogP contribution in [0.3, 0.4) is 0 Å². The van der Waals surface area contributed by atoms with Crippen LogP contribution in [0.1, 0.15) is 23.7 Å². The van der Waals surface area contributed by atoms with Gasteiger partial charge in [0.15, 0.2) is 0 Å². The van der Waals surface area contributed by atoms with Crippen molar-refractivity contribution >= 4 is 29.1 Å². The number of hydrogen-bond donors (Lipinski definition) is 1. The number of halogens is 1. The minimum absolute atomic E-state index is 0.0517. The molecule has 0 radical (unpaired) electrons. The third-order valence-electron chi connectivity index (χ3n) is 4.63. The van der Waals surface area contributed by atoms with Crippen molar-refractivity contribution in [3.05, 3.63) is 70.5 Å². The second-order valence-corrected chi connectivity index (χ2v) is 7.35. The average Bonchev–Trinajstić information content (AvgIpc) is 2.93. The number of ketones is 1. The van der Waals surface area contributed by atoms with Gasteiger partial charge in [0.1, 0.15) is 11.8 Å². The molecular formula is C21H22ClN3O3. The lowest BCUT2D eigenvalue weighted by Crippen LogP contribution is -2.32. The summed E-state index contributed by atoms with van der Waals surface area (Å²) in [4.78, 5) is 33.4. The van der Waals surface area contributed by atoms with Crippen molar-refractivity contribution < 1.29 is 14.7 Å². The van der Waals surface area contributed by atoms with E-state index in [2.05, 4.69) is 4.98 Å². The number of aliphatic hydroxyl groups is 1. The molecule has 1 amide bonds. The first kappa shape index (κ1) is 20.0. The number of rotatable bonds is 6. The smallest absolute Gasteiger partial charge is 0.295 e.